The number of hydrogen-bond donors (Lipinski definition) is 0. The molecule has 3 heteroatoms. The Labute approximate surface area is 80.6 Å². The minimum Gasteiger partial charge on any atom is -0.373 e. The molecule has 0 aromatic rings. The van der Waals surface area contributed by atoms with Crippen LogP contribution in [0.2, 0.25) is 0 Å². The van der Waals surface area contributed by atoms with E-state index in [1.807, 2.05) is 27.7 Å². The molecule has 0 rings (SSSR count). The van der Waals surface area contributed by atoms with Crippen LogP contribution < -0.4 is 0 Å². The fourth-order valence-electron chi connectivity index (χ4n) is 0.785. The van der Waals surface area contributed by atoms with Crippen molar-refractivity contribution < 1.29 is 9.47 Å². The zero-order chi connectivity index (χ0) is 10.3. The molecule has 0 aromatic carbocycles. The predicted molar refractivity (Wildman–Crippen MR) is 51.3 cm³/mol. The second-order valence-electron chi connectivity index (χ2n) is 3.86. The van der Waals surface area contributed by atoms with Crippen LogP contribution in [-0.4, -0.2) is 24.9 Å². The maximum absolute atomic E-state index is 8.57. The summed E-state index contributed by atoms with van der Waals surface area (Å²) in [6, 6.07) is 2.07. The Morgan fingerprint density at radius 2 is 1.92 bits per heavy atom. The van der Waals surface area contributed by atoms with Gasteiger partial charge in [0, 0.05) is 0 Å². The largest absolute Gasteiger partial charge is 0.373 e. The van der Waals surface area contributed by atoms with E-state index in [-0.39, 0.29) is 11.7 Å². The van der Waals surface area contributed by atoms with Gasteiger partial charge in [-0.05, 0) is 27.2 Å². The average Bonchev–Trinajstić information content (AvgIpc) is 2.03. The Hall–Kier alpha value is -0.590. The van der Waals surface area contributed by atoms with E-state index in [1.54, 1.807) is 0 Å². The highest BCUT2D eigenvalue weighted by Gasteiger charge is 2.10. The predicted octanol–water partition coefficient (Wildman–Crippen LogP) is 2.12. The summed E-state index contributed by atoms with van der Waals surface area (Å²) < 4.78 is 10.7. The molecule has 0 aromatic heterocycles. The molecule has 3 nitrogen and oxygen atoms in total. The first-order valence-electron chi connectivity index (χ1n) is 4.64. The lowest BCUT2D eigenvalue weighted by molar-refractivity contribution is -0.0432. The minimum absolute atomic E-state index is 0.127. The van der Waals surface area contributed by atoms with Gasteiger partial charge >= 0.3 is 0 Å². The summed E-state index contributed by atoms with van der Waals surface area (Å²) in [5.74, 6) is 0. The lowest BCUT2D eigenvalue weighted by Crippen LogP contribution is -2.23. The summed E-state index contributed by atoms with van der Waals surface area (Å²) in [7, 11) is 0. The van der Waals surface area contributed by atoms with E-state index >= 15 is 0 Å². The van der Waals surface area contributed by atoms with E-state index in [0.29, 0.717) is 13.2 Å². The Bertz CT molecular complexity index is 167. The van der Waals surface area contributed by atoms with E-state index in [0.717, 1.165) is 6.42 Å². The van der Waals surface area contributed by atoms with Gasteiger partial charge in [-0.3, -0.25) is 0 Å². The molecule has 0 amide bonds. The van der Waals surface area contributed by atoms with Crippen LogP contribution in [0, 0.1) is 11.3 Å². The monoisotopic (exact) mass is 185 g/mol. The van der Waals surface area contributed by atoms with Crippen LogP contribution in [-0.2, 0) is 9.47 Å². The first kappa shape index (κ1) is 12.4. The quantitative estimate of drug-likeness (QED) is 0.616. The molecule has 0 N–H and O–H groups in total. The van der Waals surface area contributed by atoms with E-state index < -0.39 is 0 Å². The van der Waals surface area contributed by atoms with Crippen LogP contribution in [0.5, 0.6) is 0 Å². The summed E-state index contributed by atoms with van der Waals surface area (Å²) in [5, 5.41) is 8.57. The molecule has 0 heterocycles. The third-order valence-corrected chi connectivity index (χ3v) is 1.45. The first-order valence-corrected chi connectivity index (χ1v) is 4.64. The number of nitrogens with zero attached hydrogens (tertiary/aromatic N) is 1. The Kier molecular flexibility index (Phi) is 5.68. The van der Waals surface area contributed by atoms with Crippen molar-refractivity contribution in [2.24, 2.45) is 0 Å². The van der Waals surface area contributed by atoms with Crippen molar-refractivity contribution in [3.05, 3.63) is 0 Å². The van der Waals surface area contributed by atoms with Crippen molar-refractivity contribution in [1.29, 1.82) is 5.26 Å². The summed E-state index contributed by atoms with van der Waals surface area (Å²) in [5.41, 5.74) is -0.127. The molecule has 76 valence electrons. The van der Waals surface area contributed by atoms with Crippen molar-refractivity contribution >= 4 is 0 Å². The summed E-state index contributed by atoms with van der Waals surface area (Å²) >= 11 is 0. The van der Waals surface area contributed by atoms with Crippen LogP contribution in [0.3, 0.4) is 0 Å². The number of nitriles is 1. The molecular formula is C10H19NO2. The molecule has 13 heavy (non-hydrogen) atoms. The van der Waals surface area contributed by atoms with Crippen molar-refractivity contribution in [2.75, 3.05) is 13.2 Å². The van der Waals surface area contributed by atoms with Crippen molar-refractivity contribution in [1.82, 2.24) is 0 Å². The number of hydrogen-bond acceptors (Lipinski definition) is 3. The van der Waals surface area contributed by atoms with Gasteiger partial charge in [0.25, 0.3) is 0 Å². The molecule has 0 spiro atoms. The van der Waals surface area contributed by atoms with Crippen molar-refractivity contribution in [3.63, 3.8) is 0 Å². The fourth-order valence-corrected chi connectivity index (χ4v) is 0.785. The maximum Gasteiger partial charge on any atom is 0.143 e. The SMILES string of the molecule is CCC(C#N)OCCOC(C)(C)C. The van der Waals surface area contributed by atoms with Crippen LogP contribution >= 0.6 is 0 Å². The maximum atomic E-state index is 8.57. The molecule has 1 unspecified atom stereocenters. The van der Waals surface area contributed by atoms with Gasteiger partial charge in [0.2, 0.25) is 0 Å². The van der Waals surface area contributed by atoms with Gasteiger partial charge < -0.3 is 9.47 Å². The average molecular weight is 185 g/mol. The third kappa shape index (κ3) is 7.76. The van der Waals surface area contributed by atoms with Crippen molar-refractivity contribution in [2.45, 2.75) is 45.8 Å². The van der Waals surface area contributed by atoms with E-state index in [2.05, 4.69) is 6.07 Å². The van der Waals surface area contributed by atoms with Gasteiger partial charge in [-0.1, -0.05) is 6.92 Å². The molecule has 0 fully saturated rings. The van der Waals surface area contributed by atoms with Crippen LogP contribution in [0.1, 0.15) is 34.1 Å². The normalized spacial score (nSPS) is 13.8. The third-order valence-electron chi connectivity index (χ3n) is 1.45. The van der Waals surface area contributed by atoms with E-state index in [4.69, 9.17) is 14.7 Å². The highest BCUT2D eigenvalue weighted by molar-refractivity contribution is 4.82. The Balaban J connectivity index is 3.41. The standard InChI is InChI=1S/C10H19NO2/c1-5-9(8-11)12-6-7-13-10(2,3)4/h9H,5-7H2,1-4H3. The molecular weight excluding hydrogens is 166 g/mol. The molecule has 0 aliphatic heterocycles. The van der Waals surface area contributed by atoms with E-state index in [9.17, 15) is 0 Å². The topological polar surface area (TPSA) is 42.2 Å². The highest BCUT2D eigenvalue weighted by atomic mass is 16.5. The summed E-state index contributed by atoms with van der Waals surface area (Å²) in [6.45, 7) is 8.95. The molecule has 0 bridgehead atoms. The Morgan fingerprint density at radius 1 is 1.31 bits per heavy atom. The second-order valence-corrected chi connectivity index (χ2v) is 3.86. The minimum atomic E-state index is -0.288. The molecule has 0 saturated heterocycles. The van der Waals surface area contributed by atoms with Crippen molar-refractivity contribution in [3.8, 4) is 6.07 Å². The van der Waals surface area contributed by atoms with Crippen LogP contribution in [0.15, 0.2) is 0 Å². The zero-order valence-corrected chi connectivity index (χ0v) is 8.96. The van der Waals surface area contributed by atoms with Gasteiger partial charge in [-0.15, -0.1) is 0 Å². The highest BCUT2D eigenvalue weighted by Crippen LogP contribution is 2.06. The van der Waals surface area contributed by atoms with E-state index in [1.165, 1.54) is 0 Å². The molecule has 0 aliphatic carbocycles. The molecule has 1 atom stereocenters. The van der Waals surface area contributed by atoms with Crippen LogP contribution in [0.4, 0.5) is 0 Å². The second kappa shape index (κ2) is 5.95. The van der Waals surface area contributed by atoms with Gasteiger partial charge in [-0.25, -0.2) is 0 Å². The lowest BCUT2D eigenvalue weighted by atomic mass is 10.2. The zero-order valence-electron chi connectivity index (χ0n) is 8.96. The lowest BCUT2D eigenvalue weighted by Gasteiger charge is -2.19. The molecule has 0 aliphatic rings. The van der Waals surface area contributed by atoms with Crippen LogP contribution in [0.25, 0.3) is 0 Å². The summed E-state index contributed by atoms with van der Waals surface area (Å²) in [6.07, 6.45) is 0.440. The number of ether oxygens (including phenoxy) is 2. The summed E-state index contributed by atoms with van der Waals surface area (Å²) in [4.78, 5) is 0. The van der Waals surface area contributed by atoms with Gasteiger partial charge in [0.05, 0.1) is 24.9 Å². The fraction of sp³-hybridized carbons (Fsp3) is 0.900. The van der Waals surface area contributed by atoms with Gasteiger partial charge in [-0.2, -0.15) is 5.26 Å². The van der Waals surface area contributed by atoms with Gasteiger partial charge in [0.1, 0.15) is 6.10 Å². The first-order chi connectivity index (χ1) is 5.99. The molecule has 0 radical (unpaired) electrons. The van der Waals surface area contributed by atoms with Gasteiger partial charge in [0.15, 0.2) is 0 Å². The smallest absolute Gasteiger partial charge is 0.143 e. The molecule has 0 saturated carbocycles. The Morgan fingerprint density at radius 3 is 2.31 bits per heavy atom. The number of rotatable bonds is 5.